The second-order valence-electron chi connectivity index (χ2n) is 8.45. The SMILES string of the molecule is CCNC(=NCc1cccc(CN2CCCC(C(N)=O)C2)c1)N(C)Cc1ccc(F)cc1. The van der Waals surface area contributed by atoms with Gasteiger partial charge in [0.15, 0.2) is 5.96 Å². The van der Waals surface area contributed by atoms with Crippen LogP contribution in [-0.2, 0) is 24.4 Å². The molecule has 1 aliphatic heterocycles. The molecule has 1 saturated heterocycles. The molecule has 3 rings (SSSR count). The van der Waals surface area contributed by atoms with Gasteiger partial charge in [0.1, 0.15) is 5.82 Å². The molecule has 0 bridgehead atoms. The fourth-order valence-corrected chi connectivity index (χ4v) is 4.09. The normalized spacial score (nSPS) is 17.2. The number of piperidine rings is 1. The number of primary amides is 1. The van der Waals surface area contributed by atoms with Crippen LogP contribution in [0.4, 0.5) is 4.39 Å². The zero-order chi connectivity index (χ0) is 22.9. The monoisotopic (exact) mass is 439 g/mol. The Morgan fingerprint density at radius 3 is 2.69 bits per heavy atom. The number of guanidine groups is 1. The lowest BCUT2D eigenvalue weighted by molar-refractivity contribution is -0.123. The number of nitrogens with two attached hydrogens (primary N) is 1. The molecule has 0 spiro atoms. The van der Waals surface area contributed by atoms with Crippen molar-refractivity contribution in [2.75, 3.05) is 26.7 Å². The summed E-state index contributed by atoms with van der Waals surface area (Å²) in [7, 11) is 1.98. The number of likely N-dealkylation sites (tertiary alicyclic amines) is 1. The summed E-state index contributed by atoms with van der Waals surface area (Å²) in [6.07, 6.45) is 1.89. The average Bonchev–Trinajstić information content (AvgIpc) is 2.78. The third-order valence-electron chi connectivity index (χ3n) is 5.75. The summed E-state index contributed by atoms with van der Waals surface area (Å²) < 4.78 is 13.2. The number of nitrogens with zero attached hydrogens (tertiary/aromatic N) is 3. The van der Waals surface area contributed by atoms with Gasteiger partial charge in [-0.25, -0.2) is 9.38 Å². The van der Waals surface area contributed by atoms with E-state index in [1.165, 1.54) is 17.7 Å². The number of hydrogen-bond donors (Lipinski definition) is 2. The molecular weight excluding hydrogens is 405 g/mol. The number of amides is 1. The lowest BCUT2D eigenvalue weighted by Gasteiger charge is -2.31. The summed E-state index contributed by atoms with van der Waals surface area (Å²) in [6, 6.07) is 15.0. The number of rotatable bonds is 8. The first-order valence-corrected chi connectivity index (χ1v) is 11.3. The summed E-state index contributed by atoms with van der Waals surface area (Å²) in [6.45, 7) is 6.55. The molecule has 2 aromatic carbocycles. The third-order valence-corrected chi connectivity index (χ3v) is 5.75. The molecule has 1 heterocycles. The van der Waals surface area contributed by atoms with E-state index in [2.05, 4.69) is 34.5 Å². The molecule has 7 heteroatoms. The van der Waals surface area contributed by atoms with Crippen molar-refractivity contribution in [3.05, 3.63) is 71.0 Å². The van der Waals surface area contributed by atoms with Gasteiger partial charge in [-0.1, -0.05) is 36.4 Å². The van der Waals surface area contributed by atoms with Crippen molar-refractivity contribution in [2.24, 2.45) is 16.6 Å². The van der Waals surface area contributed by atoms with Gasteiger partial charge in [-0.15, -0.1) is 0 Å². The number of halogens is 1. The molecule has 3 N–H and O–H groups in total. The van der Waals surface area contributed by atoms with Crippen molar-refractivity contribution < 1.29 is 9.18 Å². The van der Waals surface area contributed by atoms with Crippen LogP contribution in [0.15, 0.2) is 53.5 Å². The van der Waals surface area contributed by atoms with Crippen LogP contribution in [0.2, 0.25) is 0 Å². The zero-order valence-corrected chi connectivity index (χ0v) is 19.1. The Bertz CT molecular complexity index is 915. The Hall–Kier alpha value is -2.93. The number of carbonyl (C=O) groups is 1. The highest BCUT2D eigenvalue weighted by atomic mass is 19.1. The third kappa shape index (κ3) is 7.05. The molecule has 1 unspecified atom stereocenters. The maximum Gasteiger partial charge on any atom is 0.221 e. The summed E-state index contributed by atoms with van der Waals surface area (Å²) >= 11 is 0. The summed E-state index contributed by atoms with van der Waals surface area (Å²) in [5.41, 5.74) is 8.89. The maximum absolute atomic E-state index is 13.2. The second kappa shape index (κ2) is 11.6. The van der Waals surface area contributed by atoms with Crippen molar-refractivity contribution >= 4 is 11.9 Å². The predicted molar refractivity (Wildman–Crippen MR) is 126 cm³/mol. The van der Waals surface area contributed by atoms with Crippen LogP contribution in [0.25, 0.3) is 0 Å². The molecule has 172 valence electrons. The summed E-state index contributed by atoms with van der Waals surface area (Å²) in [4.78, 5) is 20.7. The Labute approximate surface area is 190 Å². The smallest absolute Gasteiger partial charge is 0.221 e. The van der Waals surface area contributed by atoms with E-state index in [0.29, 0.717) is 13.1 Å². The van der Waals surface area contributed by atoms with Crippen LogP contribution in [0.3, 0.4) is 0 Å². The molecular formula is C25H34FN5O. The van der Waals surface area contributed by atoms with Crippen molar-refractivity contribution in [1.82, 2.24) is 15.1 Å². The Balaban J connectivity index is 1.62. The minimum Gasteiger partial charge on any atom is -0.369 e. The molecule has 0 saturated carbocycles. The minimum absolute atomic E-state index is 0.0455. The molecule has 1 aliphatic rings. The van der Waals surface area contributed by atoms with Crippen molar-refractivity contribution in [3.8, 4) is 0 Å². The van der Waals surface area contributed by atoms with Crippen LogP contribution in [0, 0.1) is 11.7 Å². The van der Waals surface area contributed by atoms with Crippen LogP contribution < -0.4 is 11.1 Å². The molecule has 1 atom stereocenters. The van der Waals surface area contributed by atoms with E-state index in [1.807, 2.05) is 18.9 Å². The Kier molecular flexibility index (Phi) is 8.62. The standard InChI is InChI=1S/C25H34FN5O/c1-3-28-25(30(2)16-19-9-11-23(26)12-10-19)29-15-20-6-4-7-21(14-20)17-31-13-5-8-22(18-31)24(27)32/h4,6-7,9-12,14,22H,3,5,8,13,15-18H2,1-2H3,(H2,27,32)(H,28,29). The van der Waals surface area contributed by atoms with E-state index in [4.69, 9.17) is 10.7 Å². The topological polar surface area (TPSA) is 74.0 Å². The zero-order valence-electron chi connectivity index (χ0n) is 19.1. The maximum atomic E-state index is 13.2. The van der Waals surface area contributed by atoms with Gasteiger partial charge in [-0.3, -0.25) is 9.69 Å². The quantitative estimate of drug-likeness (QED) is 0.490. The van der Waals surface area contributed by atoms with Crippen molar-refractivity contribution in [2.45, 2.75) is 39.4 Å². The fraction of sp³-hybridized carbons (Fsp3) is 0.440. The molecule has 0 aromatic heterocycles. The Morgan fingerprint density at radius 2 is 1.97 bits per heavy atom. The van der Waals surface area contributed by atoms with Gasteiger partial charge in [0.2, 0.25) is 5.91 Å². The number of aliphatic imine (C=N–C) groups is 1. The Morgan fingerprint density at radius 1 is 1.22 bits per heavy atom. The number of nitrogens with one attached hydrogen (secondary N) is 1. The van der Waals surface area contributed by atoms with E-state index in [1.54, 1.807) is 12.1 Å². The largest absolute Gasteiger partial charge is 0.369 e. The van der Waals surface area contributed by atoms with Gasteiger partial charge in [0, 0.05) is 33.2 Å². The van der Waals surface area contributed by atoms with Gasteiger partial charge in [0.25, 0.3) is 0 Å². The van der Waals surface area contributed by atoms with Gasteiger partial charge >= 0.3 is 0 Å². The first kappa shape index (κ1) is 23.7. The molecule has 2 aromatic rings. The van der Waals surface area contributed by atoms with Gasteiger partial charge in [0.05, 0.1) is 12.5 Å². The lowest BCUT2D eigenvalue weighted by atomic mass is 9.97. The first-order valence-electron chi connectivity index (χ1n) is 11.3. The van der Waals surface area contributed by atoms with Crippen LogP contribution in [0.1, 0.15) is 36.5 Å². The van der Waals surface area contributed by atoms with Gasteiger partial charge < -0.3 is 16.0 Å². The first-order chi connectivity index (χ1) is 15.4. The van der Waals surface area contributed by atoms with Gasteiger partial charge in [-0.2, -0.15) is 0 Å². The minimum atomic E-state index is -0.230. The molecule has 0 aliphatic carbocycles. The van der Waals surface area contributed by atoms with Crippen LogP contribution >= 0.6 is 0 Å². The van der Waals surface area contributed by atoms with E-state index in [9.17, 15) is 9.18 Å². The predicted octanol–water partition coefficient (Wildman–Crippen LogP) is 3.12. The molecule has 32 heavy (non-hydrogen) atoms. The number of benzene rings is 2. The number of hydrogen-bond acceptors (Lipinski definition) is 3. The fourth-order valence-electron chi connectivity index (χ4n) is 4.09. The highest BCUT2D eigenvalue weighted by molar-refractivity contribution is 5.79. The van der Waals surface area contributed by atoms with Crippen LogP contribution in [-0.4, -0.2) is 48.3 Å². The van der Waals surface area contributed by atoms with E-state index in [-0.39, 0.29) is 17.6 Å². The van der Waals surface area contributed by atoms with Crippen molar-refractivity contribution in [3.63, 3.8) is 0 Å². The highest BCUT2D eigenvalue weighted by Crippen LogP contribution is 2.19. The average molecular weight is 440 g/mol. The summed E-state index contributed by atoms with van der Waals surface area (Å²) in [5.74, 6) is 0.337. The number of carbonyl (C=O) groups excluding carboxylic acids is 1. The molecule has 1 fully saturated rings. The molecule has 0 radical (unpaired) electrons. The van der Waals surface area contributed by atoms with E-state index >= 15 is 0 Å². The van der Waals surface area contributed by atoms with E-state index < -0.39 is 0 Å². The van der Waals surface area contributed by atoms with Crippen molar-refractivity contribution in [1.29, 1.82) is 0 Å². The summed E-state index contributed by atoms with van der Waals surface area (Å²) in [5, 5.41) is 3.33. The molecule has 1 amide bonds. The lowest BCUT2D eigenvalue weighted by Crippen LogP contribution is -2.40. The molecule has 6 nitrogen and oxygen atoms in total. The second-order valence-corrected chi connectivity index (χ2v) is 8.45. The van der Waals surface area contributed by atoms with E-state index in [0.717, 1.165) is 56.1 Å². The van der Waals surface area contributed by atoms with Gasteiger partial charge in [-0.05, 0) is 55.1 Å². The highest BCUT2D eigenvalue weighted by Gasteiger charge is 2.23. The van der Waals surface area contributed by atoms with Crippen LogP contribution in [0.5, 0.6) is 0 Å².